The quantitative estimate of drug-likeness (QED) is 0.388. The van der Waals surface area contributed by atoms with Gasteiger partial charge in [-0.2, -0.15) is 5.10 Å². The van der Waals surface area contributed by atoms with Crippen molar-refractivity contribution in [2.24, 2.45) is 5.73 Å². The number of aryl methyl sites for hydroxylation is 1. The molecule has 3 N–H and O–H groups in total. The van der Waals surface area contributed by atoms with Crippen LogP contribution in [0, 0.1) is 6.92 Å². The molecule has 5 heteroatoms. The summed E-state index contributed by atoms with van der Waals surface area (Å²) in [5.41, 5.74) is 13.7. The first-order chi connectivity index (χ1) is 16.5. The largest absolute Gasteiger partial charge is 0.364 e. The van der Waals surface area contributed by atoms with Crippen molar-refractivity contribution < 1.29 is 4.79 Å². The van der Waals surface area contributed by atoms with Gasteiger partial charge in [0.1, 0.15) is 0 Å². The van der Waals surface area contributed by atoms with Crippen molar-refractivity contribution in [2.75, 3.05) is 0 Å². The number of hydrogen-bond donors (Lipinski definition) is 2. The Morgan fingerprint density at radius 1 is 0.912 bits per heavy atom. The highest BCUT2D eigenvalue weighted by Gasteiger charge is 2.16. The van der Waals surface area contributed by atoms with Crippen LogP contribution in [-0.4, -0.2) is 21.7 Å². The molecule has 1 fully saturated rings. The summed E-state index contributed by atoms with van der Waals surface area (Å²) in [6.07, 6.45) is 4.85. The Morgan fingerprint density at radius 2 is 1.47 bits per heavy atom. The lowest BCUT2D eigenvalue weighted by atomic mass is 9.93. The Hall–Kier alpha value is -3.70. The van der Waals surface area contributed by atoms with E-state index in [2.05, 4.69) is 71.1 Å². The number of aromatic nitrogens is 2. The maximum absolute atomic E-state index is 11.4. The molecule has 0 spiro atoms. The van der Waals surface area contributed by atoms with Gasteiger partial charge in [0.15, 0.2) is 5.69 Å². The average Bonchev–Trinajstić information content (AvgIpc) is 3.22. The number of nitrogens with two attached hydrogens (primary N) is 1. The molecule has 0 atom stereocenters. The zero-order valence-corrected chi connectivity index (χ0v) is 19.5. The Bertz CT molecular complexity index is 1270. The molecular formula is C29H30N4O. The highest BCUT2D eigenvalue weighted by atomic mass is 16.1. The maximum Gasteiger partial charge on any atom is 0.269 e. The minimum Gasteiger partial charge on any atom is -0.364 e. The Balaban J connectivity index is 1.21. The number of benzene rings is 3. The molecular weight excluding hydrogens is 420 g/mol. The number of nitrogens with one attached hydrogen (secondary N) is 1. The fourth-order valence-corrected chi connectivity index (χ4v) is 4.35. The van der Waals surface area contributed by atoms with Crippen LogP contribution in [-0.2, 0) is 13.0 Å². The van der Waals surface area contributed by atoms with Gasteiger partial charge in [-0.05, 0) is 72.2 Å². The van der Waals surface area contributed by atoms with Gasteiger partial charge in [-0.3, -0.25) is 4.79 Å². The van der Waals surface area contributed by atoms with Crippen LogP contribution in [0.3, 0.4) is 0 Å². The summed E-state index contributed by atoms with van der Waals surface area (Å²) in [5, 5.41) is 7.92. The first-order valence-electron chi connectivity index (χ1n) is 11.9. The second kappa shape index (κ2) is 9.65. The molecule has 0 bridgehead atoms. The van der Waals surface area contributed by atoms with Gasteiger partial charge in [-0.25, -0.2) is 4.68 Å². The van der Waals surface area contributed by atoms with Crippen LogP contribution in [0.25, 0.3) is 16.8 Å². The van der Waals surface area contributed by atoms with E-state index >= 15 is 0 Å². The third kappa shape index (κ3) is 4.95. The minimum absolute atomic E-state index is 0.279. The van der Waals surface area contributed by atoms with Crippen molar-refractivity contribution in [2.45, 2.75) is 45.2 Å². The van der Waals surface area contributed by atoms with Crippen LogP contribution < -0.4 is 11.1 Å². The number of carbonyl (C=O) groups excluding carboxylic acids is 1. The van der Waals surface area contributed by atoms with Gasteiger partial charge in [0.25, 0.3) is 5.91 Å². The zero-order chi connectivity index (χ0) is 23.5. The van der Waals surface area contributed by atoms with Crippen LogP contribution in [0.4, 0.5) is 0 Å². The molecule has 1 aliphatic rings. The van der Waals surface area contributed by atoms with Crippen molar-refractivity contribution in [1.82, 2.24) is 15.1 Å². The molecule has 0 unspecified atom stereocenters. The van der Waals surface area contributed by atoms with E-state index < -0.39 is 5.91 Å². The maximum atomic E-state index is 11.4. The molecule has 5 rings (SSSR count). The van der Waals surface area contributed by atoms with Gasteiger partial charge < -0.3 is 11.1 Å². The first-order valence-corrected chi connectivity index (χ1v) is 11.9. The second-order valence-corrected chi connectivity index (χ2v) is 9.19. The molecule has 4 aromatic rings. The summed E-state index contributed by atoms with van der Waals surface area (Å²) >= 11 is 0. The zero-order valence-electron chi connectivity index (χ0n) is 19.5. The first kappa shape index (κ1) is 22.1. The van der Waals surface area contributed by atoms with E-state index in [-0.39, 0.29) is 5.69 Å². The van der Waals surface area contributed by atoms with E-state index in [9.17, 15) is 4.79 Å². The van der Waals surface area contributed by atoms with E-state index in [4.69, 9.17) is 5.73 Å². The number of primary amides is 1. The molecule has 0 radical (unpaired) electrons. The third-order valence-corrected chi connectivity index (χ3v) is 6.67. The van der Waals surface area contributed by atoms with Gasteiger partial charge in [0, 0.05) is 18.3 Å². The number of nitrogens with zero attached hydrogens (tertiary/aromatic N) is 2. The molecule has 172 valence electrons. The number of carbonyl (C=O) groups is 1. The topological polar surface area (TPSA) is 72.9 Å². The highest BCUT2D eigenvalue weighted by molar-refractivity contribution is 5.90. The molecule has 1 aliphatic carbocycles. The fourth-order valence-electron chi connectivity index (χ4n) is 4.35. The van der Waals surface area contributed by atoms with E-state index in [0.717, 1.165) is 24.3 Å². The molecule has 3 aromatic carbocycles. The van der Waals surface area contributed by atoms with Crippen LogP contribution in [0.5, 0.6) is 0 Å². The average molecular weight is 451 g/mol. The predicted octanol–water partition coefficient (Wildman–Crippen LogP) is 5.18. The molecule has 5 nitrogen and oxygen atoms in total. The smallest absolute Gasteiger partial charge is 0.269 e. The summed E-state index contributed by atoms with van der Waals surface area (Å²) in [4.78, 5) is 11.4. The Morgan fingerprint density at radius 3 is 1.97 bits per heavy atom. The van der Waals surface area contributed by atoms with Crippen molar-refractivity contribution in [3.05, 3.63) is 107 Å². The third-order valence-electron chi connectivity index (χ3n) is 6.67. The summed E-state index contributed by atoms with van der Waals surface area (Å²) in [5.74, 6) is -0.515. The van der Waals surface area contributed by atoms with Gasteiger partial charge in [-0.1, -0.05) is 67.1 Å². The monoisotopic (exact) mass is 450 g/mol. The van der Waals surface area contributed by atoms with Gasteiger partial charge >= 0.3 is 0 Å². The number of hydrogen-bond acceptors (Lipinski definition) is 3. The predicted molar refractivity (Wildman–Crippen MR) is 136 cm³/mol. The van der Waals surface area contributed by atoms with Gasteiger partial charge in [0.05, 0.1) is 5.69 Å². The van der Waals surface area contributed by atoms with Crippen molar-refractivity contribution in [3.8, 4) is 16.8 Å². The van der Waals surface area contributed by atoms with E-state index in [1.165, 1.54) is 47.1 Å². The molecule has 1 aromatic heterocycles. The van der Waals surface area contributed by atoms with E-state index in [1.54, 1.807) is 10.7 Å². The summed E-state index contributed by atoms with van der Waals surface area (Å²) in [6, 6.07) is 28.4. The lowest BCUT2D eigenvalue weighted by Gasteiger charge is -2.26. The van der Waals surface area contributed by atoms with Crippen LogP contribution in [0.2, 0.25) is 0 Å². The Kier molecular flexibility index (Phi) is 6.28. The molecule has 1 saturated carbocycles. The molecule has 1 amide bonds. The van der Waals surface area contributed by atoms with E-state index in [0.29, 0.717) is 6.04 Å². The minimum atomic E-state index is -0.515. The normalized spacial score (nSPS) is 13.6. The molecule has 1 heterocycles. The van der Waals surface area contributed by atoms with Crippen LogP contribution in [0.15, 0.2) is 78.9 Å². The van der Waals surface area contributed by atoms with Crippen molar-refractivity contribution in [3.63, 3.8) is 0 Å². The molecule has 34 heavy (non-hydrogen) atoms. The van der Waals surface area contributed by atoms with Gasteiger partial charge in [0.2, 0.25) is 0 Å². The summed E-state index contributed by atoms with van der Waals surface area (Å²) < 4.78 is 1.74. The lowest BCUT2D eigenvalue weighted by molar-refractivity contribution is 0.0995. The highest BCUT2D eigenvalue weighted by Crippen LogP contribution is 2.23. The molecule has 0 saturated heterocycles. The SMILES string of the molecule is Cc1cc(C(N)=O)nn1-c1ccc(Cc2ccc(-c3ccc(CNC4CCC4)cc3)cc2)cc1. The second-order valence-electron chi connectivity index (χ2n) is 9.19. The van der Waals surface area contributed by atoms with Crippen LogP contribution in [0.1, 0.15) is 52.1 Å². The van der Waals surface area contributed by atoms with Crippen molar-refractivity contribution >= 4 is 5.91 Å². The number of amides is 1. The standard InChI is InChI=1S/C29H30N4O/c1-20-17-28(29(30)34)32-33(20)27-15-9-22(10-16-27)18-21-5-11-24(12-6-21)25-13-7-23(8-14-25)19-31-26-3-2-4-26/h5-17,26,31H,2-4,18-19H2,1H3,(H2,30,34). The summed E-state index contributed by atoms with van der Waals surface area (Å²) in [7, 11) is 0. The summed E-state index contributed by atoms with van der Waals surface area (Å²) in [6.45, 7) is 2.86. The Labute approximate surface area is 200 Å². The fraction of sp³-hybridized carbons (Fsp3) is 0.241. The molecule has 0 aliphatic heterocycles. The number of rotatable bonds is 8. The van der Waals surface area contributed by atoms with Crippen LogP contribution >= 0.6 is 0 Å². The van der Waals surface area contributed by atoms with E-state index in [1.807, 2.05) is 19.1 Å². The lowest BCUT2D eigenvalue weighted by Crippen LogP contribution is -2.34. The van der Waals surface area contributed by atoms with Gasteiger partial charge in [-0.15, -0.1) is 0 Å². The van der Waals surface area contributed by atoms with Crippen molar-refractivity contribution in [1.29, 1.82) is 0 Å².